The minimum Gasteiger partial charge on any atom is -0.467 e. The van der Waals surface area contributed by atoms with Crippen molar-refractivity contribution in [1.82, 2.24) is 5.32 Å². The van der Waals surface area contributed by atoms with Crippen molar-refractivity contribution >= 4 is 5.97 Å². The molecule has 14 heavy (non-hydrogen) atoms. The standard InChI is InChI=1S/C9H17NO4/c1-12-9(11)7-13-4-5-14-8-2-3-10-6-8/h8,10H,2-7H2,1H3/t8-/m0/s1. The molecule has 1 rings (SSSR count). The minimum absolute atomic E-state index is 0.00275. The molecule has 5 nitrogen and oxygen atoms in total. The van der Waals surface area contributed by atoms with Crippen molar-refractivity contribution in [3.63, 3.8) is 0 Å². The Kier molecular flexibility index (Phi) is 5.51. The lowest BCUT2D eigenvalue weighted by Crippen LogP contribution is -2.20. The number of methoxy groups -OCH3 is 1. The summed E-state index contributed by atoms with van der Waals surface area (Å²) in [6.07, 6.45) is 1.36. The van der Waals surface area contributed by atoms with Gasteiger partial charge in [-0.25, -0.2) is 4.79 Å². The molecule has 1 aliphatic heterocycles. The van der Waals surface area contributed by atoms with Crippen LogP contribution in [-0.4, -0.2) is 52.1 Å². The Morgan fingerprint density at radius 3 is 3.00 bits per heavy atom. The molecule has 1 N–H and O–H groups in total. The van der Waals surface area contributed by atoms with Crippen LogP contribution in [0.3, 0.4) is 0 Å². The Labute approximate surface area is 83.7 Å². The first-order valence-electron chi connectivity index (χ1n) is 4.80. The van der Waals surface area contributed by atoms with Gasteiger partial charge < -0.3 is 19.5 Å². The summed E-state index contributed by atoms with van der Waals surface area (Å²) in [6.45, 7) is 2.91. The van der Waals surface area contributed by atoms with Crippen LogP contribution >= 0.6 is 0 Å². The Morgan fingerprint density at radius 2 is 2.36 bits per heavy atom. The molecule has 0 saturated carbocycles. The van der Waals surface area contributed by atoms with Crippen LogP contribution in [0.4, 0.5) is 0 Å². The minimum atomic E-state index is -0.354. The summed E-state index contributed by atoms with van der Waals surface area (Å²) in [7, 11) is 1.34. The van der Waals surface area contributed by atoms with E-state index in [4.69, 9.17) is 9.47 Å². The third-order valence-corrected chi connectivity index (χ3v) is 2.04. The van der Waals surface area contributed by atoms with Gasteiger partial charge >= 0.3 is 5.97 Å². The maximum absolute atomic E-state index is 10.6. The molecule has 1 aliphatic rings. The molecule has 1 fully saturated rings. The second kappa shape index (κ2) is 6.75. The molecule has 1 atom stereocenters. The topological polar surface area (TPSA) is 56.8 Å². The van der Waals surface area contributed by atoms with Gasteiger partial charge in [0.05, 0.1) is 26.4 Å². The zero-order chi connectivity index (χ0) is 10.2. The summed E-state index contributed by atoms with van der Waals surface area (Å²) >= 11 is 0. The molecule has 1 heterocycles. The SMILES string of the molecule is COC(=O)COCCO[C@H]1CCNC1. The molecule has 0 spiro atoms. The van der Waals surface area contributed by atoms with Crippen LogP contribution in [-0.2, 0) is 19.0 Å². The lowest BCUT2D eigenvalue weighted by atomic mass is 10.3. The molecule has 0 aliphatic carbocycles. The van der Waals surface area contributed by atoms with E-state index in [9.17, 15) is 4.79 Å². The Hall–Kier alpha value is -0.650. The van der Waals surface area contributed by atoms with E-state index in [1.54, 1.807) is 0 Å². The molecule has 1 saturated heterocycles. The summed E-state index contributed by atoms with van der Waals surface area (Å²) in [5, 5.41) is 3.20. The van der Waals surface area contributed by atoms with Crippen molar-refractivity contribution in [3.8, 4) is 0 Å². The number of hydrogen-bond acceptors (Lipinski definition) is 5. The van der Waals surface area contributed by atoms with Crippen LogP contribution < -0.4 is 5.32 Å². The van der Waals surface area contributed by atoms with E-state index in [1.807, 2.05) is 0 Å². The highest BCUT2D eigenvalue weighted by molar-refractivity contribution is 5.70. The molecular weight excluding hydrogens is 186 g/mol. The van der Waals surface area contributed by atoms with Crippen molar-refractivity contribution in [2.75, 3.05) is 40.0 Å². The fourth-order valence-electron chi connectivity index (χ4n) is 1.26. The molecule has 82 valence electrons. The predicted octanol–water partition coefficient (Wildman–Crippen LogP) is -0.445. The number of hydrogen-bond donors (Lipinski definition) is 1. The normalized spacial score (nSPS) is 21.1. The van der Waals surface area contributed by atoms with Crippen molar-refractivity contribution in [1.29, 1.82) is 0 Å². The van der Waals surface area contributed by atoms with E-state index < -0.39 is 0 Å². The number of carbonyl (C=O) groups excluding carboxylic acids is 1. The fourth-order valence-corrected chi connectivity index (χ4v) is 1.26. The monoisotopic (exact) mass is 203 g/mol. The van der Waals surface area contributed by atoms with E-state index in [-0.39, 0.29) is 12.6 Å². The number of esters is 1. The Bertz CT molecular complexity index is 168. The number of rotatable bonds is 6. The van der Waals surface area contributed by atoms with Gasteiger partial charge in [0.15, 0.2) is 0 Å². The van der Waals surface area contributed by atoms with Crippen molar-refractivity contribution in [2.24, 2.45) is 0 Å². The maximum atomic E-state index is 10.6. The van der Waals surface area contributed by atoms with Gasteiger partial charge in [-0.3, -0.25) is 0 Å². The zero-order valence-electron chi connectivity index (χ0n) is 8.45. The van der Waals surface area contributed by atoms with Crippen molar-refractivity contribution in [3.05, 3.63) is 0 Å². The van der Waals surface area contributed by atoms with Crippen LogP contribution in [0, 0.1) is 0 Å². The predicted molar refractivity (Wildman–Crippen MR) is 50.1 cm³/mol. The van der Waals surface area contributed by atoms with Gasteiger partial charge in [0.2, 0.25) is 0 Å². The largest absolute Gasteiger partial charge is 0.467 e. The van der Waals surface area contributed by atoms with Crippen LogP contribution in [0.1, 0.15) is 6.42 Å². The second-order valence-corrected chi connectivity index (χ2v) is 3.11. The third kappa shape index (κ3) is 4.55. The lowest BCUT2D eigenvalue weighted by molar-refractivity contribution is -0.146. The van der Waals surface area contributed by atoms with E-state index in [1.165, 1.54) is 7.11 Å². The van der Waals surface area contributed by atoms with Crippen LogP contribution in [0.15, 0.2) is 0 Å². The average molecular weight is 203 g/mol. The average Bonchev–Trinajstić information content (AvgIpc) is 2.69. The molecule has 5 heteroatoms. The van der Waals surface area contributed by atoms with Gasteiger partial charge in [0.1, 0.15) is 6.61 Å². The first kappa shape index (κ1) is 11.4. The first-order chi connectivity index (χ1) is 6.83. The summed E-state index contributed by atoms with van der Waals surface area (Å²) in [6, 6.07) is 0. The molecule has 0 bridgehead atoms. The number of ether oxygens (including phenoxy) is 3. The Morgan fingerprint density at radius 1 is 1.50 bits per heavy atom. The quantitative estimate of drug-likeness (QED) is 0.468. The maximum Gasteiger partial charge on any atom is 0.331 e. The van der Waals surface area contributed by atoms with Crippen LogP contribution in [0.25, 0.3) is 0 Å². The zero-order valence-corrected chi connectivity index (χ0v) is 8.45. The number of carbonyl (C=O) groups is 1. The van der Waals surface area contributed by atoms with Crippen molar-refractivity contribution < 1.29 is 19.0 Å². The van der Waals surface area contributed by atoms with Crippen molar-refractivity contribution in [2.45, 2.75) is 12.5 Å². The van der Waals surface area contributed by atoms with E-state index in [0.717, 1.165) is 19.5 Å². The smallest absolute Gasteiger partial charge is 0.331 e. The molecule has 0 aromatic rings. The van der Waals surface area contributed by atoms with Crippen LogP contribution in [0.5, 0.6) is 0 Å². The van der Waals surface area contributed by atoms with E-state index in [2.05, 4.69) is 10.1 Å². The molecule has 0 unspecified atom stereocenters. The third-order valence-electron chi connectivity index (χ3n) is 2.04. The fraction of sp³-hybridized carbons (Fsp3) is 0.889. The molecule has 0 aromatic heterocycles. The molecule has 0 aromatic carbocycles. The van der Waals surface area contributed by atoms with E-state index >= 15 is 0 Å². The van der Waals surface area contributed by atoms with Gasteiger partial charge in [-0.1, -0.05) is 0 Å². The number of nitrogens with one attached hydrogen (secondary N) is 1. The highest BCUT2D eigenvalue weighted by atomic mass is 16.6. The van der Waals surface area contributed by atoms with Crippen LogP contribution in [0.2, 0.25) is 0 Å². The first-order valence-corrected chi connectivity index (χ1v) is 4.80. The molecule has 0 radical (unpaired) electrons. The van der Waals surface area contributed by atoms with Gasteiger partial charge in [0.25, 0.3) is 0 Å². The molecular formula is C9H17NO4. The molecule has 0 amide bonds. The van der Waals surface area contributed by atoms with Gasteiger partial charge in [-0.2, -0.15) is 0 Å². The summed E-state index contributed by atoms with van der Waals surface area (Å²) in [5.74, 6) is -0.354. The van der Waals surface area contributed by atoms with Gasteiger partial charge in [-0.15, -0.1) is 0 Å². The van der Waals surface area contributed by atoms with E-state index in [0.29, 0.717) is 19.3 Å². The summed E-state index contributed by atoms with van der Waals surface area (Å²) < 4.78 is 14.9. The summed E-state index contributed by atoms with van der Waals surface area (Å²) in [5.41, 5.74) is 0. The lowest BCUT2D eigenvalue weighted by Gasteiger charge is -2.09. The summed E-state index contributed by atoms with van der Waals surface area (Å²) in [4.78, 5) is 10.6. The van der Waals surface area contributed by atoms with Gasteiger partial charge in [-0.05, 0) is 13.0 Å². The highest BCUT2D eigenvalue weighted by Crippen LogP contribution is 2.01. The van der Waals surface area contributed by atoms with Gasteiger partial charge in [0, 0.05) is 6.54 Å². The second-order valence-electron chi connectivity index (χ2n) is 3.11. The Balaban J connectivity index is 1.86. The highest BCUT2D eigenvalue weighted by Gasteiger charge is 2.13.